The lowest BCUT2D eigenvalue weighted by atomic mass is 10.0. The molecule has 0 unspecified atom stereocenters. The van der Waals surface area contributed by atoms with E-state index in [1.807, 2.05) is 48.5 Å². The molecule has 2 N–H and O–H groups in total. The van der Waals surface area contributed by atoms with Crippen molar-refractivity contribution in [3.63, 3.8) is 0 Å². The van der Waals surface area contributed by atoms with Crippen molar-refractivity contribution in [3.05, 3.63) is 65.4 Å². The number of hydrogen-bond acceptors (Lipinski definition) is 6. The van der Waals surface area contributed by atoms with E-state index >= 15 is 0 Å². The number of hydrogen-bond donors (Lipinski definition) is 2. The summed E-state index contributed by atoms with van der Waals surface area (Å²) in [5.74, 6) is -0.128. The van der Waals surface area contributed by atoms with Gasteiger partial charge in [0.1, 0.15) is 12.3 Å². The van der Waals surface area contributed by atoms with Gasteiger partial charge in [0.2, 0.25) is 0 Å². The maximum absolute atomic E-state index is 12.8. The molecule has 3 aliphatic rings. The van der Waals surface area contributed by atoms with Gasteiger partial charge in [-0.25, -0.2) is 0 Å². The molecule has 32 heavy (non-hydrogen) atoms. The van der Waals surface area contributed by atoms with Crippen LogP contribution in [0.3, 0.4) is 0 Å². The van der Waals surface area contributed by atoms with Gasteiger partial charge in [0.05, 0.1) is 11.3 Å². The molecule has 0 aromatic heterocycles. The lowest BCUT2D eigenvalue weighted by molar-refractivity contribution is -0.110. The Bertz CT molecular complexity index is 1050. The molecule has 7 nitrogen and oxygen atoms in total. The van der Waals surface area contributed by atoms with E-state index in [-0.39, 0.29) is 30.7 Å². The second-order valence-corrected chi connectivity index (χ2v) is 7.84. The number of likely N-dealkylation sites (N-methyl/N-ethyl adjacent to an activating group) is 1. The summed E-state index contributed by atoms with van der Waals surface area (Å²) in [6.07, 6.45) is 0. The fourth-order valence-electron chi connectivity index (χ4n) is 4.12. The van der Waals surface area contributed by atoms with E-state index in [9.17, 15) is 4.79 Å². The summed E-state index contributed by atoms with van der Waals surface area (Å²) < 4.78 is 0. The normalized spacial score (nSPS) is 21.2. The summed E-state index contributed by atoms with van der Waals surface area (Å²) in [5, 5.41) is 10.8. The van der Waals surface area contributed by atoms with Crippen LogP contribution in [0.2, 0.25) is 0 Å². The molecule has 1 fully saturated rings. The highest BCUT2D eigenvalue weighted by atomic mass is 35.5. The van der Waals surface area contributed by atoms with E-state index in [2.05, 4.69) is 32.6 Å². The van der Waals surface area contributed by atoms with Crippen LogP contribution < -0.4 is 10.6 Å². The third kappa shape index (κ3) is 4.61. The molecule has 5 rings (SSSR count). The van der Waals surface area contributed by atoms with Gasteiger partial charge in [-0.15, -0.1) is 24.8 Å². The zero-order valence-electron chi connectivity index (χ0n) is 17.8. The Morgan fingerprint density at radius 2 is 1.53 bits per heavy atom. The van der Waals surface area contributed by atoms with E-state index in [4.69, 9.17) is 4.84 Å². The molecule has 0 spiro atoms. The van der Waals surface area contributed by atoms with Crippen molar-refractivity contribution in [2.75, 3.05) is 57.0 Å². The fourth-order valence-corrected chi connectivity index (χ4v) is 4.12. The summed E-state index contributed by atoms with van der Waals surface area (Å²) in [5.41, 5.74) is 5.53. The summed E-state index contributed by atoms with van der Waals surface area (Å²) >= 11 is 0. The molecule has 9 heteroatoms. The molecule has 0 aliphatic carbocycles. The Hall–Kier alpha value is -2.58. The molecule has 2 aromatic rings. The van der Waals surface area contributed by atoms with Gasteiger partial charge in [-0.1, -0.05) is 41.6 Å². The monoisotopic (exact) mass is 475 g/mol. The van der Waals surface area contributed by atoms with E-state index < -0.39 is 0 Å². The largest absolute Gasteiger partial charge is 0.394 e. The number of nitrogens with zero attached hydrogens (tertiary/aromatic N) is 3. The van der Waals surface area contributed by atoms with Crippen molar-refractivity contribution in [3.8, 4) is 0 Å². The SMILES string of the molecule is CN1CCN(CCON=C2C(=C3C(=O)Nc4ccccc43)Nc3ccccc32)CC1.Cl.Cl. The summed E-state index contributed by atoms with van der Waals surface area (Å²) in [6.45, 7) is 5.61. The summed E-state index contributed by atoms with van der Waals surface area (Å²) in [6, 6.07) is 15.6. The number of carbonyl (C=O) groups is 1. The molecule has 0 radical (unpaired) electrons. The standard InChI is InChI=1S/C23H25N5O2.2ClH/c1-27-10-12-28(13-11-27)14-15-30-26-21-17-7-3-5-9-19(17)24-22(21)20-16-6-2-4-8-18(16)25-23(20)29;;/h2-9,24H,10-15H2,1H3,(H,25,29);2*1H. The van der Waals surface area contributed by atoms with Gasteiger partial charge in [0, 0.05) is 55.2 Å². The average molecular weight is 476 g/mol. The average Bonchev–Trinajstić information content (AvgIpc) is 3.28. The Balaban J connectivity index is 0.00000144. The maximum atomic E-state index is 12.8. The molecule has 3 aliphatic heterocycles. The Kier molecular flexibility index (Phi) is 7.79. The van der Waals surface area contributed by atoms with Crippen molar-refractivity contribution in [2.45, 2.75) is 0 Å². The number of nitrogens with one attached hydrogen (secondary N) is 2. The first-order valence-corrected chi connectivity index (χ1v) is 10.3. The second kappa shape index (κ2) is 10.4. The molecular weight excluding hydrogens is 449 g/mol. The predicted molar refractivity (Wildman–Crippen MR) is 133 cm³/mol. The van der Waals surface area contributed by atoms with Gasteiger partial charge in [0.25, 0.3) is 5.91 Å². The van der Waals surface area contributed by atoms with Crippen LogP contribution in [-0.4, -0.2) is 67.8 Å². The van der Waals surface area contributed by atoms with Crippen LogP contribution in [0.25, 0.3) is 5.57 Å². The number of amides is 1. The number of fused-ring (bicyclic) bond motifs is 2. The minimum atomic E-state index is -0.128. The van der Waals surface area contributed by atoms with Gasteiger partial charge in [-0.2, -0.15) is 0 Å². The molecule has 0 atom stereocenters. The topological polar surface area (TPSA) is 69.2 Å². The molecule has 3 heterocycles. The lowest BCUT2D eigenvalue weighted by Crippen LogP contribution is -2.45. The van der Waals surface area contributed by atoms with Crippen LogP contribution in [0.15, 0.2) is 59.4 Å². The first kappa shape index (κ1) is 24.1. The van der Waals surface area contributed by atoms with Crippen molar-refractivity contribution in [1.82, 2.24) is 9.80 Å². The van der Waals surface area contributed by atoms with Crippen LogP contribution in [-0.2, 0) is 9.63 Å². The second-order valence-electron chi connectivity index (χ2n) is 7.84. The molecular formula is C23H27Cl2N5O2. The Morgan fingerprint density at radius 1 is 0.906 bits per heavy atom. The first-order chi connectivity index (χ1) is 14.7. The fraction of sp³-hybridized carbons (Fsp3) is 0.304. The number of halogens is 2. The van der Waals surface area contributed by atoms with Crippen molar-refractivity contribution >= 4 is 53.4 Å². The number of rotatable bonds is 4. The van der Waals surface area contributed by atoms with E-state index in [1.54, 1.807) is 0 Å². The number of oxime groups is 1. The van der Waals surface area contributed by atoms with Crippen molar-refractivity contribution < 1.29 is 9.63 Å². The number of allylic oxidation sites excluding steroid dienone is 1. The summed E-state index contributed by atoms with van der Waals surface area (Å²) in [4.78, 5) is 23.2. The van der Waals surface area contributed by atoms with Crippen LogP contribution >= 0.6 is 24.8 Å². The van der Waals surface area contributed by atoms with E-state index in [0.29, 0.717) is 23.6 Å². The predicted octanol–water partition coefficient (Wildman–Crippen LogP) is 3.29. The third-order valence-corrected chi connectivity index (χ3v) is 5.85. The number of benzene rings is 2. The first-order valence-electron chi connectivity index (χ1n) is 10.3. The Labute approximate surface area is 200 Å². The van der Waals surface area contributed by atoms with Gasteiger partial charge in [-0.3, -0.25) is 9.69 Å². The third-order valence-electron chi connectivity index (χ3n) is 5.85. The number of piperazine rings is 1. The zero-order chi connectivity index (χ0) is 20.5. The van der Waals surface area contributed by atoms with Crippen LogP contribution in [0.1, 0.15) is 11.1 Å². The summed E-state index contributed by atoms with van der Waals surface area (Å²) in [7, 11) is 2.15. The quantitative estimate of drug-likeness (QED) is 0.403. The van der Waals surface area contributed by atoms with E-state index in [1.165, 1.54) is 0 Å². The van der Waals surface area contributed by atoms with E-state index in [0.717, 1.165) is 55.2 Å². The highest BCUT2D eigenvalue weighted by Gasteiger charge is 2.34. The molecule has 0 bridgehead atoms. The van der Waals surface area contributed by atoms with Crippen molar-refractivity contribution in [1.29, 1.82) is 0 Å². The van der Waals surface area contributed by atoms with Gasteiger partial charge in [0.15, 0.2) is 0 Å². The van der Waals surface area contributed by atoms with Crippen LogP contribution in [0.4, 0.5) is 11.4 Å². The van der Waals surface area contributed by atoms with Crippen LogP contribution in [0.5, 0.6) is 0 Å². The minimum Gasteiger partial charge on any atom is -0.394 e. The minimum absolute atomic E-state index is 0. The van der Waals surface area contributed by atoms with Crippen molar-refractivity contribution in [2.24, 2.45) is 5.16 Å². The highest BCUT2D eigenvalue weighted by molar-refractivity contribution is 6.39. The number of anilines is 2. The smallest absolute Gasteiger partial charge is 0.258 e. The number of para-hydroxylation sites is 2. The Morgan fingerprint density at radius 3 is 2.25 bits per heavy atom. The highest BCUT2D eigenvalue weighted by Crippen LogP contribution is 2.38. The van der Waals surface area contributed by atoms with Gasteiger partial charge >= 0.3 is 0 Å². The molecule has 1 saturated heterocycles. The molecule has 1 amide bonds. The van der Waals surface area contributed by atoms with Gasteiger partial charge < -0.3 is 20.4 Å². The molecule has 2 aromatic carbocycles. The molecule has 0 saturated carbocycles. The molecule has 170 valence electrons. The number of carbonyl (C=O) groups excluding carboxylic acids is 1. The van der Waals surface area contributed by atoms with Gasteiger partial charge in [-0.05, 0) is 19.2 Å². The zero-order valence-corrected chi connectivity index (χ0v) is 19.5. The maximum Gasteiger partial charge on any atom is 0.258 e. The van der Waals surface area contributed by atoms with Crippen LogP contribution in [0, 0.1) is 0 Å². The lowest BCUT2D eigenvalue weighted by Gasteiger charge is -2.31.